The van der Waals surface area contributed by atoms with Crippen LogP contribution in [0, 0.1) is 10.1 Å². The zero-order valence-corrected chi connectivity index (χ0v) is 21.7. The van der Waals surface area contributed by atoms with Crippen LogP contribution in [0.3, 0.4) is 0 Å². The van der Waals surface area contributed by atoms with E-state index in [0.717, 1.165) is 17.3 Å². The zero-order chi connectivity index (χ0) is 25.7. The van der Waals surface area contributed by atoms with Crippen molar-refractivity contribution in [2.75, 3.05) is 0 Å². The lowest BCUT2D eigenvalue weighted by molar-refractivity contribution is -0.385. The number of nitrogens with zero attached hydrogens (tertiary/aromatic N) is 4. The maximum atomic E-state index is 13.3. The van der Waals surface area contributed by atoms with Crippen molar-refractivity contribution < 1.29 is 9.66 Å². The van der Waals surface area contributed by atoms with E-state index in [9.17, 15) is 14.9 Å². The molecule has 4 aromatic rings. The second-order valence-corrected chi connectivity index (χ2v) is 9.31. The summed E-state index contributed by atoms with van der Waals surface area (Å²) in [5.41, 5.74) is 1.07. The van der Waals surface area contributed by atoms with Crippen molar-refractivity contribution in [2.45, 2.75) is 32.8 Å². The van der Waals surface area contributed by atoms with Gasteiger partial charge in [-0.2, -0.15) is 9.78 Å². The number of ether oxygens (including phenoxy) is 1. The minimum Gasteiger partial charge on any atom is -0.481 e. The van der Waals surface area contributed by atoms with Gasteiger partial charge in [0, 0.05) is 33.1 Å². The minimum absolute atomic E-state index is 0.0264. The molecule has 0 spiro atoms. The largest absolute Gasteiger partial charge is 0.481 e. The lowest BCUT2D eigenvalue weighted by Crippen LogP contribution is -2.22. The lowest BCUT2D eigenvalue weighted by Gasteiger charge is -2.11. The van der Waals surface area contributed by atoms with Crippen molar-refractivity contribution >= 4 is 50.3 Å². The third kappa shape index (κ3) is 5.63. The van der Waals surface area contributed by atoms with Gasteiger partial charge in [-0.25, -0.2) is 4.98 Å². The van der Waals surface area contributed by atoms with Crippen LogP contribution in [0.2, 0.25) is 5.02 Å². The molecule has 0 saturated heterocycles. The summed E-state index contributed by atoms with van der Waals surface area (Å²) >= 11 is 9.62. The number of halogens is 2. The molecule has 0 aliphatic rings. The number of nitro groups is 1. The summed E-state index contributed by atoms with van der Waals surface area (Å²) < 4.78 is 7.87. The molecule has 36 heavy (non-hydrogen) atoms. The predicted octanol–water partition coefficient (Wildman–Crippen LogP) is 6.52. The molecule has 0 aliphatic carbocycles. The number of unbranched alkanes of at least 4 members (excludes halogenated alkanes) is 1. The average Bonchev–Trinajstić information content (AvgIpc) is 2.87. The quantitative estimate of drug-likeness (QED) is 0.130. The van der Waals surface area contributed by atoms with Crippen LogP contribution in [0.15, 0.2) is 75.0 Å². The van der Waals surface area contributed by atoms with Crippen LogP contribution in [-0.2, 0) is 13.0 Å². The van der Waals surface area contributed by atoms with Crippen LogP contribution in [0.4, 0.5) is 5.69 Å². The number of fused-ring (bicyclic) bond motifs is 1. The number of hydrogen-bond acceptors (Lipinski definition) is 6. The molecule has 0 radical (unpaired) electrons. The molecule has 1 aromatic heterocycles. The van der Waals surface area contributed by atoms with E-state index in [0.29, 0.717) is 39.3 Å². The molecular formula is C26H22BrClN4O4. The van der Waals surface area contributed by atoms with Gasteiger partial charge in [-0.05, 0) is 36.8 Å². The average molecular weight is 570 g/mol. The summed E-state index contributed by atoms with van der Waals surface area (Å²) in [7, 11) is 0. The molecule has 0 bridgehead atoms. The standard InChI is InChI=1S/C26H22BrClN4O4/c1-2-3-11-24-30-22-13-12-19(27)14-20(22)26(33)31(24)29-15-17-8-6-10-23(32(34)35)25(17)36-16-18-7-4-5-9-21(18)28/h4-10,12-15H,2-3,11,16H2,1H3. The summed E-state index contributed by atoms with van der Waals surface area (Å²) in [5, 5.41) is 17.0. The summed E-state index contributed by atoms with van der Waals surface area (Å²) in [6.07, 6.45) is 3.69. The number of hydrogen-bond donors (Lipinski definition) is 0. The van der Waals surface area contributed by atoms with Crippen LogP contribution in [0.25, 0.3) is 10.9 Å². The zero-order valence-electron chi connectivity index (χ0n) is 19.4. The van der Waals surface area contributed by atoms with Gasteiger partial charge >= 0.3 is 5.69 Å². The summed E-state index contributed by atoms with van der Waals surface area (Å²) in [6.45, 7) is 2.08. The normalized spacial score (nSPS) is 11.3. The number of aromatic nitrogens is 2. The fourth-order valence-electron chi connectivity index (χ4n) is 3.64. The van der Waals surface area contributed by atoms with Crippen LogP contribution in [0.1, 0.15) is 36.7 Å². The van der Waals surface area contributed by atoms with Gasteiger partial charge in [0.25, 0.3) is 5.56 Å². The highest BCUT2D eigenvalue weighted by Gasteiger charge is 2.19. The first-order valence-corrected chi connectivity index (χ1v) is 12.4. The molecule has 0 atom stereocenters. The van der Waals surface area contributed by atoms with E-state index in [1.807, 2.05) is 12.1 Å². The van der Waals surface area contributed by atoms with Gasteiger partial charge in [-0.3, -0.25) is 14.9 Å². The fourth-order valence-corrected chi connectivity index (χ4v) is 4.19. The molecule has 0 aliphatic heterocycles. The number of nitro benzene ring substituents is 1. The topological polar surface area (TPSA) is 99.6 Å². The Morgan fingerprint density at radius 2 is 2.00 bits per heavy atom. The van der Waals surface area contributed by atoms with Gasteiger partial charge in [-0.1, -0.05) is 65.1 Å². The van der Waals surface area contributed by atoms with Crippen LogP contribution in [-0.4, -0.2) is 20.8 Å². The van der Waals surface area contributed by atoms with Crippen molar-refractivity contribution in [1.29, 1.82) is 0 Å². The Hall–Kier alpha value is -3.56. The molecule has 0 N–H and O–H groups in total. The Bertz CT molecular complexity index is 1520. The van der Waals surface area contributed by atoms with Gasteiger partial charge in [0.15, 0.2) is 0 Å². The van der Waals surface area contributed by atoms with Crippen molar-refractivity contribution in [3.8, 4) is 5.75 Å². The molecule has 10 heteroatoms. The fraction of sp³-hybridized carbons (Fsp3) is 0.192. The Morgan fingerprint density at radius 1 is 1.19 bits per heavy atom. The first-order valence-electron chi connectivity index (χ1n) is 11.3. The highest BCUT2D eigenvalue weighted by atomic mass is 79.9. The van der Waals surface area contributed by atoms with Crippen molar-refractivity contribution in [2.24, 2.45) is 5.10 Å². The predicted molar refractivity (Wildman–Crippen MR) is 144 cm³/mol. The van der Waals surface area contributed by atoms with Crippen molar-refractivity contribution in [3.05, 3.63) is 108 Å². The highest BCUT2D eigenvalue weighted by molar-refractivity contribution is 9.10. The SMILES string of the molecule is CCCCc1nc2ccc(Br)cc2c(=O)n1N=Cc1cccc([N+](=O)[O-])c1OCc1ccccc1Cl. The molecule has 0 saturated carbocycles. The monoisotopic (exact) mass is 568 g/mol. The van der Waals surface area contributed by atoms with Crippen LogP contribution < -0.4 is 10.3 Å². The Balaban J connectivity index is 1.78. The first-order chi connectivity index (χ1) is 17.4. The van der Waals surface area contributed by atoms with E-state index in [-0.39, 0.29) is 23.6 Å². The smallest absolute Gasteiger partial charge is 0.311 e. The van der Waals surface area contributed by atoms with Gasteiger partial charge in [0.1, 0.15) is 12.4 Å². The van der Waals surface area contributed by atoms with Crippen LogP contribution >= 0.6 is 27.5 Å². The van der Waals surface area contributed by atoms with Crippen molar-refractivity contribution in [1.82, 2.24) is 9.66 Å². The van der Waals surface area contributed by atoms with E-state index in [1.165, 1.54) is 17.0 Å². The number of rotatable bonds is 9. The van der Waals surface area contributed by atoms with Gasteiger partial charge < -0.3 is 4.74 Å². The Labute approximate surface area is 220 Å². The molecule has 1 heterocycles. The van der Waals surface area contributed by atoms with E-state index < -0.39 is 4.92 Å². The van der Waals surface area contributed by atoms with E-state index in [2.05, 4.69) is 32.9 Å². The number of aryl methyl sites for hydroxylation is 1. The maximum Gasteiger partial charge on any atom is 0.311 e. The van der Waals surface area contributed by atoms with Crippen molar-refractivity contribution in [3.63, 3.8) is 0 Å². The van der Waals surface area contributed by atoms with E-state index in [4.69, 9.17) is 16.3 Å². The number of para-hydroxylation sites is 1. The van der Waals surface area contributed by atoms with E-state index >= 15 is 0 Å². The third-order valence-corrected chi connectivity index (χ3v) is 6.35. The number of benzene rings is 3. The second-order valence-electron chi connectivity index (χ2n) is 7.99. The molecule has 8 nitrogen and oxygen atoms in total. The summed E-state index contributed by atoms with van der Waals surface area (Å²) in [4.78, 5) is 29.2. The van der Waals surface area contributed by atoms with Crippen LogP contribution in [0.5, 0.6) is 5.75 Å². The molecular weight excluding hydrogens is 548 g/mol. The highest BCUT2D eigenvalue weighted by Crippen LogP contribution is 2.31. The second kappa shape index (κ2) is 11.5. The molecule has 0 amide bonds. The summed E-state index contributed by atoms with van der Waals surface area (Å²) in [6, 6.07) is 16.9. The lowest BCUT2D eigenvalue weighted by atomic mass is 10.2. The minimum atomic E-state index is -0.521. The molecule has 4 rings (SSSR count). The van der Waals surface area contributed by atoms with Gasteiger partial charge in [0.05, 0.1) is 22.0 Å². The molecule has 0 unspecified atom stereocenters. The van der Waals surface area contributed by atoms with E-state index in [1.54, 1.807) is 42.5 Å². The molecule has 184 valence electrons. The Kier molecular flexibility index (Phi) is 8.12. The third-order valence-electron chi connectivity index (χ3n) is 5.49. The first kappa shape index (κ1) is 25.5. The maximum absolute atomic E-state index is 13.3. The molecule has 0 fully saturated rings. The molecule has 3 aromatic carbocycles. The Morgan fingerprint density at radius 3 is 2.75 bits per heavy atom. The summed E-state index contributed by atoms with van der Waals surface area (Å²) in [5.74, 6) is 0.544. The van der Waals surface area contributed by atoms with Gasteiger partial charge in [0.2, 0.25) is 5.75 Å². The van der Waals surface area contributed by atoms with Gasteiger partial charge in [-0.15, -0.1) is 0 Å².